The molecule has 11 heteroatoms. The number of hydrogen-bond donors (Lipinski definition) is 1. The molecule has 1 saturated heterocycles. The molecule has 3 heterocycles. The summed E-state index contributed by atoms with van der Waals surface area (Å²) in [6, 6.07) is 4.83. The molecule has 1 amide bonds. The fourth-order valence-electron chi connectivity index (χ4n) is 2.87. The Balaban J connectivity index is 1.57. The van der Waals surface area contributed by atoms with E-state index in [1.165, 1.54) is 34.2 Å². The van der Waals surface area contributed by atoms with Crippen molar-refractivity contribution in [2.75, 3.05) is 38.5 Å². The van der Waals surface area contributed by atoms with Crippen molar-refractivity contribution in [3.63, 3.8) is 0 Å². The number of benzene rings is 1. The van der Waals surface area contributed by atoms with Crippen LogP contribution < -0.4 is 5.32 Å². The van der Waals surface area contributed by atoms with Crippen LogP contribution in [0.3, 0.4) is 0 Å². The van der Waals surface area contributed by atoms with Gasteiger partial charge in [0.1, 0.15) is 5.69 Å². The highest BCUT2D eigenvalue weighted by atomic mass is 32.2. The van der Waals surface area contributed by atoms with E-state index in [0.717, 1.165) is 0 Å². The van der Waals surface area contributed by atoms with Gasteiger partial charge in [0.15, 0.2) is 5.13 Å². The van der Waals surface area contributed by atoms with Crippen LogP contribution in [0.4, 0.5) is 5.13 Å². The van der Waals surface area contributed by atoms with Crippen LogP contribution in [0.25, 0.3) is 10.2 Å². The Morgan fingerprint density at radius 1 is 1.18 bits per heavy atom. The summed E-state index contributed by atoms with van der Waals surface area (Å²) < 4.78 is 28.0. The molecule has 1 N–H and O–H groups in total. The van der Waals surface area contributed by atoms with Gasteiger partial charge in [0.25, 0.3) is 5.91 Å². The zero-order chi connectivity index (χ0) is 19.7. The Morgan fingerprint density at radius 3 is 2.68 bits per heavy atom. The zero-order valence-corrected chi connectivity index (χ0v) is 16.7. The lowest BCUT2D eigenvalue weighted by Gasteiger charge is -2.31. The van der Waals surface area contributed by atoms with Gasteiger partial charge >= 0.3 is 0 Å². The minimum absolute atomic E-state index is 0.181. The summed E-state index contributed by atoms with van der Waals surface area (Å²) in [5.41, 5.74) is 0.803. The Morgan fingerprint density at radius 2 is 1.96 bits per heavy atom. The first-order valence-corrected chi connectivity index (χ1v) is 10.9. The minimum Gasteiger partial charge on any atom is -0.304 e. The maximum Gasteiger partial charge on any atom is 0.277 e. The quantitative estimate of drug-likeness (QED) is 0.680. The number of anilines is 1. The molecule has 0 radical (unpaired) electrons. The van der Waals surface area contributed by atoms with E-state index in [4.69, 9.17) is 0 Å². The lowest BCUT2D eigenvalue weighted by Crippen LogP contribution is -2.46. The molecule has 9 nitrogen and oxygen atoms in total. The van der Waals surface area contributed by atoms with Gasteiger partial charge in [-0.3, -0.25) is 15.1 Å². The van der Waals surface area contributed by atoms with Crippen LogP contribution >= 0.6 is 11.3 Å². The van der Waals surface area contributed by atoms with Crippen molar-refractivity contribution in [1.29, 1.82) is 0 Å². The van der Waals surface area contributed by atoms with Gasteiger partial charge in [-0.2, -0.15) is 4.31 Å². The van der Waals surface area contributed by atoms with E-state index in [0.29, 0.717) is 41.5 Å². The smallest absolute Gasteiger partial charge is 0.277 e. The van der Waals surface area contributed by atoms with Gasteiger partial charge in [-0.1, -0.05) is 11.3 Å². The number of fused-ring (bicyclic) bond motifs is 1. The molecule has 0 bridgehead atoms. The lowest BCUT2D eigenvalue weighted by molar-refractivity contribution is 0.102. The summed E-state index contributed by atoms with van der Waals surface area (Å²) in [6.45, 7) is 2.36. The number of likely N-dealkylation sites (N-methyl/N-ethyl adjacent to an activating group) is 1. The number of nitrogens with one attached hydrogen (secondary N) is 1. The van der Waals surface area contributed by atoms with E-state index < -0.39 is 15.9 Å². The lowest BCUT2D eigenvalue weighted by atomic mass is 10.3. The number of aromatic nitrogens is 3. The van der Waals surface area contributed by atoms with E-state index in [1.54, 1.807) is 18.2 Å². The second-order valence-electron chi connectivity index (χ2n) is 6.40. The van der Waals surface area contributed by atoms with Gasteiger partial charge in [0, 0.05) is 38.6 Å². The van der Waals surface area contributed by atoms with Crippen molar-refractivity contribution in [3.8, 4) is 0 Å². The van der Waals surface area contributed by atoms with Crippen LogP contribution in [-0.4, -0.2) is 71.7 Å². The van der Waals surface area contributed by atoms with E-state index in [2.05, 4.69) is 25.2 Å². The molecule has 28 heavy (non-hydrogen) atoms. The van der Waals surface area contributed by atoms with E-state index in [-0.39, 0.29) is 10.6 Å². The number of nitrogens with zero attached hydrogens (tertiary/aromatic N) is 5. The molecule has 4 rings (SSSR count). The fourth-order valence-corrected chi connectivity index (χ4v) is 5.30. The topological polar surface area (TPSA) is 108 Å². The van der Waals surface area contributed by atoms with Crippen molar-refractivity contribution in [2.24, 2.45) is 0 Å². The molecule has 1 aliphatic heterocycles. The SMILES string of the molecule is CN1CCN(S(=O)(=O)c2ccc3nc(NC(=O)c4cnccn4)sc3c2)CC1. The molecular weight excluding hydrogens is 400 g/mol. The first-order valence-electron chi connectivity index (χ1n) is 8.60. The van der Waals surface area contributed by atoms with Gasteiger partial charge in [-0.05, 0) is 25.2 Å². The number of hydrogen-bond acceptors (Lipinski definition) is 8. The molecule has 1 aromatic carbocycles. The average molecular weight is 419 g/mol. The second kappa shape index (κ2) is 7.51. The van der Waals surface area contributed by atoms with Crippen molar-refractivity contribution < 1.29 is 13.2 Å². The number of rotatable bonds is 4. The number of thiazole rings is 1. The van der Waals surface area contributed by atoms with Crippen molar-refractivity contribution in [1.82, 2.24) is 24.2 Å². The molecule has 146 valence electrons. The molecule has 1 aliphatic rings. The van der Waals surface area contributed by atoms with E-state index in [1.807, 2.05) is 7.05 Å². The third kappa shape index (κ3) is 3.74. The van der Waals surface area contributed by atoms with Crippen LogP contribution in [0, 0.1) is 0 Å². The van der Waals surface area contributed by atoms with Gasteiger partial charge in [-0.25, -0.2) is 18.4 Å². The molecule has 0 spiro atoms. The van der Waals surface area contributed by atoms with Crippen molar-refractivity contribution >= 4 is 42.6 Å². The maximum absolute atomic E-state index is 12.9. The van der Waals surface area contributed by atoms with Crippen LogP contribution in [0.2, 0.25) is 0 Å². The second-order valence-corrected chi connectivity index (χ2v) is 9.37. The highest BCUT2D eigenvalue weighted by Crippen LogP contribution is 2.29. The normalized spacial score (nSPS) is 16.3. The van der Waals surface area contributed by atoms with E-state index >= 15 is 0 Å². The molecule has 0 aliphatic carbocycles. The molecule has 0 saturated carbocycles. The number of carbonyl (C=O) groups is 1. The Hall–Kier alpha value is -2.47. The van der Waals surface area contributed by atoms with Crippen LogP contribution in [0.15, 0.2) is 41.7 Å². The first-order chi connectivity index (χ1) is 13.4. The maximum atomic E-state index is 12.9. The first kappa shape index (κ1) is 18.9. The van der Waals surface area contributed by atoms with Crippen molar-refractivity contribution in [3.05, 3.63) is 42.5 Å². The summed E-state index contributed by atoms with van der Waals surface area (Å²) in [4.78, 5) is 26.7. The Labute approximate surface area is 166 Å². The molecule has 3 aromatic rings. The zero-order valence-electron chi connectivity index (χ0n) is 15.1. The van der Waals surface area contributed by atoms with Gasteiger partial charge in [-0.15, -0.1) is 0 Å². The van der Waals surface area contributed by atoms with E-state index in [9.17, 15) is 13.2 Å². The third-order valence-corrected chi connectivity index (χ3v) is 7.30. The minimum atomic E-state index is -3.55. The van der Waals surface area contributed by atoms with Crippen LogP contribution in [-0.2, 0) is 10.0 Å². The summed E-state index contributed by atoms with van der Waals surface area (Å²) >= 11 is 1.22. The predicted octanol–water partition coefficient (Wildman–Crippen LogP) is 1.27. The molecule has 0 unspecified atom stereocenters. The van der Waals surface area contributed by atoms with Crippen LogP contribution in [0.1, 0.15) is 10.5 Å². The van der Waals surface area contributed by atoms with Gasteiger partial charge in [0.05, 0.1) is 21.3 Å². The Bertz CT molecular complexity index is 1110. The van der Waals surface area contributed by atoms with Crippen LogP contribution in [0.5, 0.6) is 0 Å². The highest BCUT2D eigenvalue weighted by Gasteiger charge is 2.27. The molecule has 1 fully saturated rings. The fraction of sp³-hybridized carbons (Fsp3) is 0.294. The summed E-state index contributed by atoms with van der Waals surface area (Å²) in [5.74, 6) is -0.419. The number of amides is 1. The number of carbonyl (C=O) groups excluding carboxylic acids is 1. The third-order valence-electron chi connectivity index (χ3n) is 4.48. The molecular formula is C17H18N6O3S2. The van der Waals surface area contributed by atoms with Gasteiger partial charge in [0.2, 0.25) is 10.0 Å². The summed E-state index contributed by atoms with van der Waals surface area (Å²) in [6.07, 6.45) is 4.28. The Kier molecular flexibility index (Phi) is 5.06. The molecule has 2 aromatic heterocycles. The average Bonchev–Trinajstić information content (AvgIpc) is 3.10. The standard InChI is InChI=1S/C17H18N6O3S2/c1-22-6-8-23(9-7-22)28(25,26)12-2-3-13-15(10-12)27-17(20-13)21-16(24)14-11-18-4-5-19-14/h2-5,10-11H,6-9H2,1H3,(H,20,21,24). The number of piperazine rings is 1. The summed E-state index contributed by atoms with van der Waals surface area (Å²) in [5, 5.41) is 3.05. The molecule has 0 atom stereocenters. The summed E-state index contributed by atoms with van der Waals surface area (Å²) in [7, 11) is -1.58. The number of sulfonamides is 1. The predicted molar refractivity (Wildman–Crippen MR) is 106 cm³/mol. The van der Waals surface area contributed by atoms with Gasteiger partial charge < -0.3 is 4.90 Å². The monoisotopic (exact) mass is 418 g/mol. The van der Waals surface area contributed by atoms with Crippen molar-refractivity contribution in [2.45, 2.75) is 4.90 Å². The largest absolute Gasteiger partial charge is 0.304 e. The highest BCUT2D eigenvalue weighted by molar-refractivity contribution is 7.89.